The van der Waals surface area contributed by atoms with E-state index < -0.39 is 0 Å². The van der Waals surface area contributed by atoms with Crippen molar-refractivity contribution in [3.05, 3.63) is 22.7 Å². The van der Waals surface area contributed by atoms with Gasteiger partial charge < -0.3 is 14.8 Å². The zero-order valence-corrected chi connectivity index (χ0v) is 12.3. The molecule has 0 bridgehead atoms. The van der Waals surface area contributed by atoms with Crippen molar-refractivity contribution in [3.63, 3.8) is 0 Å². The molecule has 0 fully saturated rings. The lowest BCUT2D eigenvalue weighted by Crippen LogP contribution is -2.16. The Morgan fingerprint density at radius 1 is 1.16 bits per heavy atom. The van der Waals surface area contributed by atoms with Gasteiger partial charge in [0, 0.05) is 0 Å². The molecular formula is C15H22ClNO2. The van der Waals surface area contributed by atoms with Gasteiger partial charge in [-0.1, -0.05) is 18.5 Å². The molecule has 1 heterocycles. The molecule has 106 valence electrons. The number of fused-ring (bicyclic) bond motifs is 1. The Labute approximate surface area is 120 Å². The highest BCUT2D eigenvalue weighted by atomic mass is 35.5. The summed E-state index contributed by atoms with van der Waals surface area (Å²) in [5.41, 5.74) is 1.23. The first-order chi connectivity index (χ1) is 9.31. The molecule has 0 saturated carbocycles. The van der Waals surface area contributed by atoms with Gasteiger partial charge in [0.2, 0.25) is 0 Å². The fourth-order valence-corrected chi connectivity index (χ4v) is 2.48. The summed E-state index contributed by atoms with van der Waals surface area (Å²) >= 11 is 6.21. The molecule has 0 radical (unpaired) electrons. The quantitative estimate of drug-likeness (QED) is 0.778. The number of aryl methyl sites for hydroxylation is 1. The van der Waals surface area contributed by atoms with E-state index in [0.717, 1.165) is 31.7 Å². The molecule has 0 spiro atoms. The molecule has 0 saturated heterocycles. The lowest BCUT2D eigenvalue weighted by Gasteiger charge is -2.20. The van der Waals surface area contributed by atoms with Crippen molar-refractivity contribution in [2.24, 2.45) is 0 Å². The molecule has 0 aliphatic carbocycles. The Morgan fingerprint density at radius 2 is 2.00 bits per heavy atom. The number of rotatable bonds is 7. The van der Waals surface area contributed by atoms with Crippen LogP contribution in [0.25, 0.3) is 0 Å². The van der Waals surface area contributed by atoms with Gasteiger partial charge in [-0.25, -0.2) is 0 Å². The second kappa shape index (κ2) is 7.61. The molecule has 0 amide bonds. The van der Waals surface area contributed by atoms with E-state index in [0.29, 0.717) is 24.0 Å². The number of hydrogen-bond acceptors (Lipinski definition) is 3. The molecule has 3 nitrogen and oxygen atoms in total. The van der Waals surface area contributed by atoms with Crippen LogP contribution in [0.3, 0.4) is 0 Å². The van der Waals surface area contributed by atoms with Gasteiger partial charge in [-0.15, -0.1) is 0 Å². The Morgan fingerprint density at radius 3 is 2.84 bits per heavy atom. The highest BCUT2D eigenvalue weighted by Crippen LogP contribution is 2.38. The Hall–Kier alpha value is -0.930. The van der Waals surface area contributed by atoms with Crippen molar-refractivity contribution in [1.82, 2.24) is 5.32 Å². The summed E-state index contributed by atoms with van der Waals surface area (Å²) in [6, 6.07) is 4.05. The molecular weight excluding hydrogens is 262 g/mol. The third-order valence-electron chi connectivity index (χ3n) is 3.15. The predicted molar refractivity (Wildman–Crippen MR) is 78.5 cm³/mol. The number of benzene rings is 1. The fourth-order valence-electron chi connectivity index (χ4n) is 2.19. The lowest BCUT2D eigenvalue weighted by atomic mass is 10.1. The van der Waals surface area contributed by atoms with Crippen molar-refractivity contribution in [2.45, 2.75) is 32.6 Å². The fraction of sp³-hybridized carbons (Fsp3) is 0.600. The summed E-state index contributed by atoms with van der Waals surface area (Å²) in [5.74, 6) is 1.49. The summed E-state index contributed by atoms with van der Waals surface area (Å²) in [6.45, 7) is 5.56. The normalized spacial score (nSPS) is 13.6. The van der Waals surface area contributed by atoms with Gasteiger partial charge in [0.05, 0.1) is 5.02 Å². The van der Waals surface area contributed by atoms with Gasteiger partial charge in [0.1, 0.15) is 13.2 Å². The molecule has 2 rings (SSSR count). The van der Waals surface area contributed by atoms with E-state index in [-0.39, 0.29) is 0 Å². The van der Waals surface area contributed by atoms with Crippen LogP contribution in [-0.2, 0) is 6.42 Å². The molecule has 1 aromatic rings. The zero-order valence-electron chi connectivity index (χ0n) is 11.5. The minimum absolute atomic E-state index is 0.579. The maximum atomic E-state index is 6.21. The van der Waals surface area contributed by atoms with Crippen LogP contribution in [-0.4, -0.2) is 26.3 Å². The smallest absolute Gasteiger partial charge is 0.179 e. The topological polar surface area (TPSA) is 30.5 Å². The third kappa shape index (κ3) is 4.29. The lowest BCUT2D eigenvalue weighted by molar-refractivity contribution is 0.171. The van der Waals surface area contributed by atoms with Gasteiger partial charge in [-0.05, 0) is 56.5 Å². The minimum atomic E-state index is 0.579. The van der Waals surface area contributed by atoms with Crippen LogP contribution in [0.15, 0.2) is 12.1 Å². The predicted octanol–water partition coefficient (Wildman–Crippen LogP) is 3.43. The second-order valence-electron chi connectivity index (χ2n) is 4.81. The summed E-state index contributed by atoms with van der Waals surface area (Å²) in [6.07, 6.45) is 4.57. The minimum Gasteiger partial charge on any atom is -0.486 e. The van der Waals surface area contributed by atoms with Crippen LogP contribution in [0.2, 0.25) is 5.02 Å². The summed E-state index contributed by atoms with van der Waals surface area (Å²) in [4.78, 5) is 0. The van der Waals surface area contributed by atoms with E-state index in [1.54, 1.807) is 0 Å². The van der Waals surface area contributed by atoms with E-state index in [2.05, 4.69) is 18.3 Å². The van der Waals surface area contributed by atoms with Crippen LogP contribution >= 0.6 is 11.6 Å². The van der Waals surface area contributed by atoms with E-state index in [9.17, 15) is 0 Å². The Balaban J connectivity index is 1.82. The first kappa shape index (κ1) is 14.5. The maximum absolute atomic E-state index is 6.21. The summed E-state index contributed by atoms with van der Waals surface area (Å²) < 4.78 is 11.1. The van der Waals surface area contributed by atoms with Crippen molar-refractivity contribution < 1.29 is 9.47 Å². The zero-order chi connectivity index (χ0) is 13.5. The van der Waals surface area contributed by atoms with E-state index in [4.69, 9.17) is 21.1 Å². The Kier molecular flexibility index (Phi) is 5.80. The average Bonchev–Trinajstić information content (AvgIpc) is 2.43. The number of hydrogen-bond donors (Lipinski definition) is 1. The highest BCUT2D eigenvalue weighted by Gasteiger charge is 2.16. The van der Waals surface area contributed by atoms with Crippen molar-refractivity contribution in [3.8, 4) is 11.5 Å². The molecule has 1 aliphatic heterocycles. The third-order valence-corrected chi connectivity index (χ3v) is 3.43. The van der Waals surface area contributed by atoms with Gasteiger partial charge in [0.15, 0.2) is 11.5 Å². The molecule has 1 aromatic carbocycles. The molecule has 1 aliphatic rings. The molecule has 1 N–H and O–H groups in total. The number of halogens is 1. The van der Waals surface area contributed by atoms with Gasteiger partial charge >= 0.3 is 0 Å². The standard InChI is InChI=1S/C15H22ClNO2/c1-2-6-17-7-4-3-5-12-10-13(16)15-14(11-12)18-8-9-19-15/h10-11,17H,2-9H2,1H3. The van der Waals surface area contributed by atoms with E-state index >= 15 is 0 Å². The SMILES string of the molecule is CCCNCCCCc1cc(Cl)c2c(c1)OCCO2. The number of ether oxygens (including phenoxy) is 2. The van der Waals surface area contributed by atoms with Gasteiger partial charge in [-0.2, -0.15) is 0 Å². The molecule has 0 aromatic heterocycles. The molecule has 0 unspecified atom stereocenters. The van der Waals surface area contributed by atoms with Crippen molar-refractivity contribution >= 4 is 11.6 Å². The number of unbranched alkanes of at least 4 members (excludes halogenated alkanes) is 1. The average molecular weight is 284 g/mol. The first-order valence-electron chi connectivity index (χ1n) is 7.10. The molecule has 19 heavy (non-hydrogen) atoms. The van der Waals surface area contributed by atoms with Crippen LogP contribution in [0, 0.1) is 0 Å². The van der Waals surface area contributed by atoms with Crippen molar-refractivity contribution in [1.29, 1.82) is 0 Å². The number of nitrogens with one attached hydrogen (secondary N) is 1. The largest absolute Gasteiger partial charge is 0.486 e. The highest BCUT2D eigenvalue weighted by molar-refractivity contribution is 6.32. The Bertz CT molecular complexity index is 409. The van der Waals surface area contributed by atoms with Crippen LogP contribution in [0.5, 0.6) is 11.5 Å². The van der Waals surface area contributed by atoms with E-state index in [1.165, 1.54) is 18.4 Å². The van der Waals surface area contributed by atoms with Gasteiger partial charge in [-0.3, -0.25) is 0 Å². The van der Waals surface area contributed by atoms with Crippen LogP contribution in [0.1, 0.15) is 31.7 Å². The van der Waals surface area contributed by atoms with Crippen molar-refractivity contribution in [2.75, 3.05) is 26.3 Å². The van der Waals surface area contributed by atoms with Crippen LogP contribution in [0.4, 0.5) is 0 Å². The second-order valence-corrected chi connectivity index (χ2v) is 5.22. The molecule has 0 atom stereocenters. The van der Waals surface area contributed by atoms with Gasteiger partial charge in [0.25, 0.3) is 0 Å². The summed E-state index contributed by atoms with van der Waals surface area (Å²) in [7, 11) is 0. The maximum Gasteiger partial charge on any atom is 0.179 e. The first-order valence-corrected chi connectivity index (χ1v) is 7.48. The van der Waals surface area contributed by atoms with Crippen LogP contribution < -0.4 is 14.8 Å². The van der Waals surface area contributed by atoms with E-state index in [1.807, 2.05) is 6.07 Å². The molecule has 4 heteroatoms. The monoisotopic (exact) mass is 283 g/mol. The summed E-state index contributed by atoms with van der Waals surface area (Å²) in [5, 5.41) is 4.08.